The zero-order valence-corrected chi connectivity index (χ0v) is 11.5. The van der Waals surface area contributed by atoms with Gasteiger partial charge in [0, 0.05) is 7.11 Å². The molecule has 0 saturated carbocycles. The fourth-order valence-corrected chi connectivity index (χ4v) is 1.03. The molecule has 6 heteroatoms. The van der Waals surface area contributed by atoms with E-state index in [1.165, 1.54) is 0 Å². The first kappa shape index (κ1) is 17.3. The van der Waals surface area contributed by atoms with Crippen molar-refractivity contribution in [1.29, 1.82) is 0 Å². The lowest BCUT2D eigenvalue weighted by atomic mass is 10.1. The highest BCUT2D eigenvalue weighted by atomic mass is 16.6. The topological polar surface area (TPSA) is 80.0 Å². The van der Waals surface area contributed by atoms with Gasteiger partial charge in [-0.1, -0.05) is 13.8 Å². The number of rotatable bonds is 11. The van der Waals surface area contributed by atoms with Gasteiger partial charge in [-0.05, 0) is 5.92 Å². The smallest absolute Gasteiger partial charge is 0.323 e. The summed E-state index contributed by atoms with van der Waals surface area (Å²) in [6, 6.07) is -0.567. The van der Waals surface area contributed by atoms with Crippen LogP contribution in [0.5, 0.6) is 0 Å². The van der Waals surface area contributed by atoms with Gasteiger partial charge in [0.1, 0.15) is 12.6 Å². The van der Waals surface area contributed by atoms with Crippen molar-refractivity contribution in [1.82, 2.24) is 0 Å². The average Bonchev–Trinajstić information content (AvgIpc) is 2.35. The van der Waals surface area contributed by atoms with E-state index in [9.17, 15) is 4.79 Å². The van der Waals surface area contributed by atoms with E-state index in [0.717, 1.165) is 0 Å². The van der Waals surface area contributed by atoms with E-state index in [4.69, 9.17) is 24.7 Å². The fraction of sp³-hybridized carbons (Fsp3) is 0.917. The molecule has 0 bridgehead atoms. The molecule has 0 radical (unpaired) electrons. The van der Waals surface area contributed by atoms with Gasteiger partial charge in [0.2, 0.25) is 0 Å². The summed E-state index contributed by atoms with van der Waals surface area (Å²) in [5, 5.41) is 0. The second-order valence-corrected chi connectivity index (χ2v) is 4.15. The van der Waals surface area contributed by atoms with Crippen molar-refractivity contribution >= 4 is 5.97 Å². The number of esters is 1. The molecule has 6 nitrogen and oxygen atoms in total. The first-order valence-electron chi connectivity index (χ1n) is 6.16. The molecular weight excluding hydrogens is 238 g/mol. The maximum Gasteiger partial charge on any atom is 0.323 e. The van der Waals surface area contributed by atoms with Gasteiger partial charge in [-0.15, -0.1) is 0 Å². The number of hydrogen-bond acceptors (Lipinski definition) is 6. The number of hydrogen-bond donors (Lipinski definition) is 1. The molecule has 108 valence electrons. The second kappa shape index (κ2) is 11.4. The average molecular weight is 263 g/mol. The maximum absolute atomic E-state index is 11.4. The second-order valence-electron chi connectivity index (χ2n) is 4.15. The Morgan fingerprint density at radius 3 is 2.00 bits per heavy atom. The number of ether oxygens (including phenoxy) is 4. The van der Waals surface area contributed by atoms with Crippen molar-refractivity contribution < 1.29 is 23.7 Å². The zero-order chi connectivity index (χ0) is 13.8. The van der Waals surface area contributed by atoms with E-state index in [2.05, 4.69) is 0 Å². The van der Waals surface area contributed by atoms with Gasteiger partial charge < -0.3 is 24.7 Å². The lowest BCUT2D eigenvalue weighted by Crippen LogP contribution is -2.37. The third-order valence-corrected chi connectivity index (χ3v) is 2.27. The van der Waals surface area contributed by atoms with Crippen molar-refractivity contribution in [3.8, 4) is 0 Å². The molecule has 0 aliphatic carbocycles. The van der Waals surface area contributed by atoms with Crippen LogP contribution in [0.4, 0.5) is 0 Å². The van der Waals surface area contributed by atoms with Gasteiger partial charge in [-0.2, -0.15) is 0 Å². The standard InChI is InChI=1S/C12H25NO5/c1-10(2)11(13)12(14)18-9-8-17-7-6-16-5-4-15-3/h10-11H,4-9,13H2,1-3H3/t11-/m0/s1. The third kappa shape index (κ3) is 9.35. The molecule has 2 N–H and O–H groups in total. The molecule has 0 saturated heterocycles. The molecule has 0 unspecified atom stereocenters. The van der Waals surface area contributed by atoms with Crippen LogP contribution in [0, 0.1) is 5.92 Å². The van der Waals surface area contributed by atoms with Crippen molar-refractivity contribution in [2.45, 2.75) is 19.9 Å². The van der Waals surface area contributed by atoms with Gasteiger partial charge in [-0.3, -0.25) is 4.79 Å². The van der Waals surface area contributed by atoms with Gasteiger partial charge in [-0.25, -0.2) is 0 Å². The normalized spacial score (nSPS) is 12.7. The number of methoxy groups -OCH3 is 1. The summed E-state index contributed by atoms with van der Waals surface area (Å²) in [4.78, 5) is 11.4. The molecule has 0 amide bonds. The predicted octanol–water partition coefficient (Wildman–Crippen LogP) is 0.193. The summed E-state index contributed by atoms with van der Waals surface area (Å²) in [6.45, 7) is 6.42. The minimum Gasteiger partial charge on any atom is -0.462 e. The monoisotopic (exact) mass is 263 g/mol. The molecule has 0 aromatic rings. The van der Waals surface area contributed by atoms with Crippen molar-refractivity contribution in [3.63, 3.8) is 0 Å². The lowest BCUT2D eigenvalue weighted by Gasteiger charge is -2.14. The largest absolute Gasteiger partial charge is 0.462 e. The Hall–Kier alpha value is -0.690. The summed E-state index contributed by atoms with van der Waals surface area (Å²) in [5.41, 5.74) is 5.62. The Kier molecular flexibility index (Phi) is 11.0. The maximum atomic E-state index is 11.4. The van der Waals surface area contributed by atoms with Crippen molar-refractivity contribution in [2.24, 2.45) is 11.7 Å². The van der Waals surface area contributed by atoms with Crippen LogP contribution < -0.4 is 5.73 Å². The van der Waals surface area contributed by atoms with Crippen LogP contribution in [0.25, 0.3) is 0 Å². The Morgan fingerprint density at radius 1 is 1.00 bits per heavy atom. The Bertz CT molecular complexity index is 211. The molecule has 0 aliphatic rings. The summed E-state index contributed by atoms with van der Waals surface area (Å²) in [5.74, 6) is -0.308. The summed E-state index contributed by atoms with van der Waals surface area (Å²) < 4.78 is 20.2. The summed E-state index contributed by atoms with van der Waals surface area (Å²) in [6.07, 6.45) is 0. The van der Waals surface area contributed by atoms with Gasteiger partial charge in [0.15, 0.2) is 0 Å². The number of carbonyl (C=O) groups excluding carboxylic acids is 1. The Labute approximate surface area is 109 Å². The van der Waals surface area contributed by atoms with Crippen LogP contribution in [0.15, 0.2) is 0 Å². The van der Waals surface area contributed by atoms with E-state index >= 15 is 0 Å². The highest BCUT2D eigenvalue weighted by Crippen LogP contribution is 2.00. The number of nitrogens with two attached hydrogens (primary N) is 1. The molecule has 0 aromatic carbocycles. The number of carbonyl (C=O) groups is 1. The highest BCUT2D eigenvalue weighted by Gasteiger charge is 2.18. The summed E-state index contributed by atoms with van der Waals surface area (Å²) in [7, 11) is 1.62. The molecule has 0 rings (SSSR count). The third-order valence-electron chi connectivity index (χ3n) is 2.27. The molecule has 0 heterocycles. The van der Waals surface area contributed by atoms with E-state index in [1.807, 2.05) is 13.8 Å². The molecule has 0 fully saturated rings. The molecule has 0 aliphatic heterocycles. The van der Waals surface area contributed by atoms with Crippen LogP contribution in [0.1, 0.15) is 13.8 Å². The minimum atomic E-state index is -0.567. The van der Waals surface area contributed by atoms with Crippen LogP contribution in [-0.2, 0) is 23.7 Å². The molecule has 0 aromatic heterocycles. The predicted molar refractivity (Wildman–Crippen MR) is 67.3 cm³/mol. The molecule has 0 spiro atoms. The Balaban J connectivity index is 3.27. The first-order valence-corrected chi connectivity index (χ1v) is 6.16. The molecular formula is C12H25NO5. The van der Waals surface area contributed by atoms with Crippen LogP contribution >= 0.6 is 0 Å². The van der Waals surface area contributed by atoms with Crippen molar-refractivity contribution in [3.05, 3.63) is 0 Å². The van der Waals surface area contributed by atoms with E-state index in [-0.39, 0.29) is 18.5 Å². The Morgan fingerprint density at radius 2 is 1.50 bits per heavy atom. The van der Waals surface area contributed by atoms with Gasteiger partial charge in [0.25, 0.3) is 0 Å². The fourth-order valence-electron chi connectivity index (χ4n) is 1.03. The lowest BCUT2D eigenvalue weighted by molar-refractivity contribution is -0.148. The zero-order valence-electron chi connectivity index (χ0n) is 11.5. The van der Waals surface area contributed by atoms with Crippen molar-refractivity contribution in [2.75, 3.05) is 46.8 Å². The van der Waals surface area contributed by atoms with Gasteiger partial charge >= 0.3 is 5.97 Å². The van der Waals surface area contributed by atoms with E-state index in [1.54, 1.807) is 7.11 Å². The van der Waals surface area contributed by atoms with Crippen LogP contribution in [-0.4, -0.2) is 58.8 Å². The SMILES string of the molecule is COCCOCCOCCOC(=O)[C@@H](N)C(C)C. The summed E-state index contributed by atoms with van der Waals surface area (Å²) >= 11 is 0. The quantitative estimate of drug-likeness (QED) is 0.423. The van der Waals surface area contributed by atoms with E-state index < -0.39 is 6.04 Å². The van der Waals surface area contributed by atoms with E-state index in [0.29, 0.717) is 33.0 Å². The molecule has 1 atom stereocenters. The van der Waals surface area contributed by atoms with Crippen LogP contribution in [0.3, 0.4) is 0 Å². The highest BCUT2D eigenvalue weighted by molar-refractivity contribution is 5.75. The van der Waals surface area contributed by atoms with Gasteiger partial charge in [0.05, 0.1) is 33.0 Å². The first-order chi connectivity index (χ1) is 8.59. The minimum absolute atomic E-state index is 0.0765. The van der Waals surface area contributed by atoms with Crippen LogP contribution in [0.2, 0.25) is 0 Å². The molecule has 18 heavy (non-hydrogen) atoms.